The zero-order valence-electron chi connectivity index (χ0n) is 33.0. The van der Waals surface area contributed by atoms with Crippen molar-refractivity contribution in [2.75, 3.05) is 63.4 Å². The maximum absolute atomic E-state index is 12.5. The lowest BCUT2D eigenvalue weighted by Gasteiger charge is -2.18. The first kappa shape index (κ1) is 44.6. The largest absolute Gasteiger partial charge is 0.508 e. The van der Waals surface area contributed by atoms with Crippen molar-refractivity contribution in [1.29, 1.82) is 0 Å². The number of anilines is 2. The minimum absolute atomic E-state index is 0.00192. The molecule has 5 rings (SSSR count). The van der Waals surface area contributed by atoms with Crippen LogP contribution in [0.2, 0.25) is 0 Å². The Bertz CT molecular complexity index is 2400. The van der Waals surface area contributed by atoms with Crippen molar-refractivity contribution < 1.29 is 48.0 Å². The Morgan fingerprint density at radius 1 is 0.767 bits per heavy atom. The van der Waals surface area contributed by atoms with Gasteiger partial charge in [0.1, 0.15) is 17.1 Å². The first-order valence-electron chi connectivity index (χ1n) is 19.2. The number of hydrogen-bond acceptors (Lipinski definition) is 10. The highest BCUT2D eigenvalue weighted by Gasteiger charge is 2.22. The first-order valence-corrected chi connectivity index (χ1v) is 19.6. The topological polar surface area (TPSA) is 234 Å². The number of carboxylic acids is 1. The summed E-state index contributed by atoms with van der Waals surface area (Å²) in [4.78, 5) is 52.1. The van der Waals surface area contributed by atoms with Gasteiger partial charge in [-0.1, -0.05) is 12.1 Å². The molecular weight excluding hydrogens is 793 g/mol. The van der Waals surface area contributed by atoms with Crippen LogP contribution in [0.15, 0.2) is 88.1 Å². The molecule has 2 amide bonds. The highest BCUT2D eigenvalue weighted by atomic mass is 32.1. The summed E-state index contributed by atoms with van der Waals surface area (Å²) in [5.74, 6) is -1.45. The van der Waals surface area contributed by atoms with Crippen LogP contribution in [-0.2, 0) is 23.8 Å². The van der Waals surface area contributed by atoms with E-state index >= 15 is 0 Å². The highest BCUT2D eigenvalue weighted by molar-refractivity contribution is 7.80. The molecule has 1 aliphatic carbocycles. The average Bonchev–Trinajstić information content (AvgIpc) is 3.23. The second-order valence-electron chi connectivity index (χ2n) is 13.5. The molecular formula is C43H46N6O10S. The van der Waals surface area contributed by atoms with Crippen molar-refractivity contribution in [3.63, 3.8) is 0 Å². The van der Waals surface area contributed by atoms with E-state index in [1.54, 1.807) is 55.5 Å². The molecule has 0 fully saturated rings. The van der Waals surface area contributed by atoms with Crippen LogP contribution in [0, 0.1) is 0 Å². The Hall–Kier alpha value is -6.49. The number of hydrogen-bond donors (Lipinski definition) is 6. The van der Waals surface area contributed by atoms with E-state index in [1.165, 1.54) is 30.3 Å². The molecule has 314 valence electrons. The van der Waals surface area contributed by atoms with Crippen molar-refractivity contribution in [2.24, 2.45) is 0 Å². The summed E-state index contributed by atoms with van der Waals surface area (Å²) < 4.78 is 22.6. The zero-order valence-corrected chi connectivity index (χ0v) is 33.8. The number of phenolic OH excluding ortho intramolecular Hbond substituents is 1. The molecule has 0 bridgehead atoms. The molecule has 3 aromatic carbocycles. The number of phenols is 1. The van der Waals surface area contributed by atoms with Crippen molar-refractivity contribution in [1.82, 2.24) is 10.6 Å². The number of carbonyl (C=O) groups excluding carboxylic acids is 2. The quantitative estimate of drug-likeness (QED) is 0.0124. The van der Waals surface area contributed by atoms with E-state index in [2.05, 4.69) is 26.1 Å². The highest BCUT2D eigenvalue weighted by Crippen LogP contribution is 2.42. The lowest BCUT2D eigenvalue weighted by molar-refractivity contribution is -0.124. The number of carbonyl (C=O) groups is 3. The number of nitrogens with one attached hydrogen (secondary N) is 4. The summed E-state index contributed by atoms with van der Waals surface area (Å²) in [5.41, 5.74) is 12.6. The summed E-state index contributed by atoms with van der Waals surface area (Å²) in [6, 6.07) is 20.6. The van der Waals surface area contributed by atoms with Gasteiger partial charge >= 0.3 is 5.97 Å². The molecule has 0 saturated heterocycles. The third-order valence-corrected chi connectivity index (χ3v) is 9.28. The van der Waals surface area contributed by atoms with Crippen LogP contribution in [-0.4, -0.2) is 96.3 Å². The van der Waals surface area contributed by atoms with Crippen LogP contribution in [0.25, 0.3) is 39.0 Å². The fourth-order valence-corrected chi connectivity index (χ4v) is 6.30. The molecule has 17 heteroatoms. The molecule has 60 heavy (non-hydrogen) atoms. The number of carboxylic acid groups (broad SMARTS) is 1. The molecule has 1 heterocycles. The monoisotopic (exact) mass is 838 g/mol. The van der Waals surface area contributed by atoms with Gasteiger partial charge < -0.3 is 55.6 Å². The zero-order chi connectivity index (χ0) is 42.9. The molecule has 2 aliphatic rings. The fourth-order valence-electron chi connectivity index (χ4n) is 6.08. The summed E-state index contributed by atoms with van der Waals surface area (Å²) >= 11 is 5.43. The summed E-state index contributed by atoms with van der Waals surface area (Å²) in [6.07, 6.45) is 1.36. The Labute approximate surface area is 350 Å². The van der Waals surface area contributed by atoms with Gasteiger partial charge in [-0.05, 0) is 85.2 Å². The number of benzene rings is 4. The first-order chi connectivity index (χ1) is 29.0. The van der Waals surface area contributed by atoms with E-state index in [4.69, 9.17) is 36.4 Å². The predicted molar refractivity (Wildman–Crippen MR) is 230 cm³/mol. The van der Waals surface area contributed by atoms with Crippen molar-refractivity contribution >= 4 is 63.2 Å². The number of fused-ring (bicyclic) bond motifs is 2. The van der Waals surface area contributed by atoms with Gasteiger partial charge in [0.25, 0.3) is 5.71 Å². The van der Waals surface area contributed by atoms with Crippen molar-refractivity contribution in [3.8, 4) is 28.2 Å². The van der Waals surface area contributed by atoms with Crippen LogP contribution >= 0.6 is 12.2 Å². The van der Waals surface area contributed by atoms with Crippen LogP contribution in [0.3, 0.4) is 0 Å². The Balaban J connectivity index is 0.904. The molecule has 0 spiro atoms. The van der Waals surface area contributed by atoms with E-state index < -0.39 is 5.97 Å². The fraction of sp³-hybridized carbons (Fsp3) is 0.302. The molecule has 3 aromatic rings. The molecule has 1 aliphatic heterocycles. The van der Waals surface area contributed by atoms with E-state index in [0.717, 1.165) is 0 Å². The smallest absolute Gasteiger partial charge is 0.336 e. The number of thiocarbonyl (C=S) groups is 1. The molecule has 0 unspecified atom stereocenters. The summed E-state index contributed by atoms with van der Waals surface area (Å²) in [5, 5.41) is 32.8. The van der Waals surface area contributed by atoms with Gasteiger partial charge in [0.05, 0.1) is 37.6 Å². The molecule has 0 saturated carbocycles. The van der Waals surface area contributed by atoms with E-state index in [-0.39, 0.29) is 47.2 Å². The van der Waals surface area contributed by atoms with Crippen LogP contribution in [0.4, 0.5) is 11.4 Å². The van der Waals surface area contributed by atoms with Crippen molar-refractivity contribution in [2.45, 2.75) is 32.6 Å². The minimum atomic E-state index is -1.16. The Morgan fingerprint density at radius 2 is 1.43 bits per heavy atom. The number of nitrogens with zero attached hydrogens (tertiary/aromatic N) is 2. The van der Waals surface area contributed by atoms with Gasteiger partial charge in [-0.25, -0.2) is 4.79 Å². The molecule has 6 N–H and O–H groups in total. The number of ether oxygens (including phenoxy) is 3. The lowest BCUT2D eigenvalue weighted by atomic mass is 9.90. The number of aromatic hydroxyl groups is 1. The second-order valence-corrected chi connectivity index (χ2v) is 13.9. The lowest BCUT2D eigenvalue weighted by Crippen LogP contribution is -2.30. The maximum Gasteiger partial charge on any atom is 0.336 e. The van der Waals surface area contributed by atoms with Gasteiger partial charge in [0, 0.05) is 86.1 Å². The van der Waals surface area contributed by atoms with Crippen LogP contribution < -0.4 is 26.7 Å². The van der Waals surface area contributed by atoms with Gasteiger partial charge in [0.15, 0.2) is 10.5 Å². The molecule has 0 radical (unpaired) electrons. The van der Waals surface area contributed by atoms with Crippen LogP contribution in [0.1, 0.15) is 48.5 Å². The minimum Gasteiger partial charge on any atom is -0.508 e. The second kappa shape index (κ2) is 22.6. The van der Waals surface area contributed by atoms with Gasteiger partial charge in [-0.2, -0.15) is 4.79 Å². The predicted octanol–water partition coefficient (Wildman–Crippen LogP) is 5.66. The third-order valence-electron chi connectivity index (χ3n) is 9.03. The van der Waals surface area contributed by atoms with Crippen LogP contribution in [0.5, 0.6) is 5.75 Å². The Kier molecular flexibility index (Phi) is 16.8. The number of aromatic carboxylic acids is 1. The van der Waals surface area contributed by atoms with Gasteiger partial charge in [-0.15, -0.1) is 0 Å². The average molecular weight is 839 g/mol. The maximum atomic E-state index is 12.5. The molecule has 0 aromatic heterocycles. The third kappa shape index (κ3) is 13.3. The van der Waals surface area contributed by atoms with E-state index in [1.807, 2.05) is 0 Å². The van der Waals surface area contributed by atoms with E-state index in [9.17, 15) is 29.4 Å². The summed E-state index contributed by atoms with van der Waals surface area (Å²) in [7, 11) is 0. The number of rotatable bonds is 22. The Morgan fingerprint density at radius 3 is 2.15 bits per heavy atom. The van der Waals surface area contributed by atoms with E-state index in [0.29, 0.717) is 121 Å². The number of amides is 2. The van der Waals surface area contributed by atoms with Crippen molar-refractivity contribution in [3.05, 3.63) is 106 Å². The SMILES string of the molecule is CC(=[N+]=[N-])c1cccc(NC(=O)CCC(=O)NCCCOCCOCCOCCCNC(=S)Nc2ccc(-c3c4ccc(=O)cc-4oc4cc(O)ccc34)c(C(=O)O)c2)c1. The summed E-state index contributed by atoms with van der Waals surface area (Å²) in [6.45, 7) is 5.09. The van der Waals surface area contributed by atoms with Gasteiger partial charge in [0.2, 0.25) is 11.8 Å². The molecule has 16 nitrogen and oxygen atoms in total. The standard InChI is InChI=1S/C43H46N6O10S/c1-27(49-44)28-5-2-6-29(23-28)47-40(53)14-13-39(52)45-15-3-17-56-19-21-58-22-20-57-18-4-16-46-43(60)48-30-7-10-33(36(24-30)42(54)55)41-34-11-8-31(50)25-37(34)59-38-26-32(51)9-12-35(38)41/h2,5-12,23-26,50H,3-4,13-22H2,1H3,(H,45,52)(H,47,53)(H,54,55)(H2,46,48,60). The normalized spacial score (nSPS) is 10.9. The van der Waals surface area contributed by atoms with Gasteiger partial charge in [-0.3, -0.25) is 14.4 Å². The molecule has 0 atom stereocenters.